The molecule has 0 aliphatic carbocycles. The van der Waals surface area contributed by atoms with E-state index in [0.717, 1.165) is 38.9 Å². The van der Waals surface area contributed by atoms with Gasteiger partial charge in [0.25, 0.3) is 5.91 Å². The highest BCUT2D eigenvalue weighted by Gasteiger charge is 2.41. The second-order valence-corrected chi connectivity index (χ2v) is 15.1. The van der Waals surface area contributed by atoms with Gasteiger partial charge in [0.2, 0.25) is 5.91 Å². The number of aromatic carboxylic acids is 1. The van der Waals surface area contributed by atoms with E-state index in [0.29, 0.717) is 10.6 Å². The molecule has 292 valence electrons. The smallest absolute Gasteiger partial charge is 0.408 e. The molecule has 2 aliphatic rings. The topological polar surface area (TPSA) is 152 Å². The largest absolute Gasteiger partial charge is 0.478 e. The number of aliphatic hydroxyl groups excluding tert-OH is 1. The van der Waals surface area contributed by atoms with Crippen molar-refractivity contribution < 1.29 is 43.6 Å². The Bertz CT molecular complexity index is 2210. The average Bonchev–Trinajstić information content (AvgIpc) is 3.50. The summed E-state index contributed by atoms with van der Waals surface area (Å²) < 4.78 is 18.5. The summed E-state index contributed by atoms with van der Waals surface area (Å²) in [6, 6.07) is 38.0. The number of aliphatic hydroxyl groups is 1. The van der Waals surface area contributed by atoms with E-state index in [-0.39, 0.29) is 55.8 Å². The lowest BCUT2D eigenvalue weighted by molar-refractivity contribution is -0.268. The molecule has 2 saturated heterocycles. The molecule has 2 fully saturated rings. The standard InChI is InChI=1S/C45H42N2O9S/c1-28-38(27-57-39-14-8-7-13-36(39)43(51)52)55-44(56-41(28)32-17-15-29(25-48)16-18-32)33-21-19-31(20-22-33)35-12-6-5-11-34(35)24-47-40(49)23-37(42(47)50)46-45(53)54-26-30-9-3-2-4-10-30/h2-22,28,37-38,41,44,48H,23-27H2,1H3,(H,46,53)(H,51,52)/t28-,37?,38+,41+,44+/m0/s1. The highest BCUT2D eigenvalue weighted by atomic mass is 32.2. The third-order valence-electron chi connectivity index (χ3n) is 10.2. The number of ether oxygens (including phenoxy) is 3. The molecule has 5 aromatic rings. The first-order valence-electron chi connectivity index (χ1n) is 18.6. The summed E-state index contributed by atoms with van der Waals surface area (Å²) in [7, 11) is 0. The van der Waals surface area contributed by atoms with Crippen LogP contribution in [0.25, 0.3) is 11.1 Å². The van der Waals surface area contributed by atoms with Crippen LogP contribution in [-0.2, 0) is 43.6 Å². The lowest BCUT2D eigenvalue weighted by Crippen LogP contribution is -2.41. The maximum atomic E-state index is 13.4. The van der Waals surface area contributed by atoms with Crippen molar-refractivity contribution in [3.63, 3.8) is 0 Å². The summed E-state index contributed by atoms with van der Waals surface area (Å²) in [6.07, 6.45) is -2.33. The molecule has 0 saturated carbocycles. The van der Waals surface area contributed by atoms with Crippen LogP contribution in [0, 0.1) is 5.92 Å². The van der Waals surface area contributed by atoms with Crippen LogP contribution in [0.1, 0.15) is 63.9 Å². The first-order chi connectivity index (χ1) is 27.7. The van der Waals surface area contributed by atoms with Gasteiger partial charge < -0.3 is 29.7 Å². The van der Waals surface area contributed by atoms with Crippen molar-refractivity contribution >= 4 is 35.6 Å². The van der Waals surface area contributed by atoms with Gasteiger partial charge in [0.05, 0.1) is 37.3 Å². The van der Waals surface area contributed by atoms with Crippen molar-refractivity contribution in [3.05, 3.63) is 161 Å². The first-order valence-corrected chi connectivity index (χ1v) is 19.6. The molecule has 0 spiro atoms. The monoisotopic (exact) mass is 786 g/mol. The highest BCUT2D eigenvalue weighted by molar-refractivity contribution is 7.99. The van der Waals surface area contributed by atoms with Crippen LogP contribution < -0.4 is 5.32 Å². The molecule has 2 heterocycles. The zero-order chi connectivity index (χ0) is 39.9. The number of alkyl carbamates (subject to hydrolysis) is 1. The minimum absolute atomic E-state index is 0.0284. The maximum absolute atomic E-state index is 13.4. The Balaban J connectivity index is 1.06. The lowest BCUT2D eigenvalue weighted by Gasteiger charge is -2.41. The molecule has 12 heteroatoms. The van der Waals surface area contributed by atoms with Gasteiger partial charge in [-0.1, -0.05) is 122 Å². The molecule has 0 aromatic heterocycles. The van der Waals surface area contributed by atoms with Crippen molar-refractivity contribution in [1.82, 2.24) is 10.2 Å². The second kappa shape index (κ2) is 18.0. The third-order valence-corrected chi connectivity index (χ3v) is 11.4. The van der Waals surface area contributed by atoms with Gasteiger partial charge in [0.15, 0.2) is 6.29 Å². The van der Waals surface area contributed by atoms with Gasteiger partial charge in [-0.25, -0.2) is 9.59 Å². The van der Waals surface area contributed by atoms with Crippen molar-refractivity contribution in [2.24, 2.45) is 5.92 Å². The SMILES string of the molecule is C[C@H]1[C@@H](CSc2ccccc2C(=O)O)O[C@@H](c2ccc(-c3ccccc3CN3C(=O)CC(NC(=O)OCc4ccccc4)C3=O)cc2)O[C@H]1c1ccc(CO)cc1. The summed E-state index contributed by atoms with van der Waals surface area (Å²) in [5.41, 5.74) is 5.97. The molecule has 3 N–H and O–H groups in total. The van der Waals surface area contributed by atoms with Crippen LogP contribution >= 0.6 is 11.8 Å². The molecule has 7 rings (SSSR count). The number of nitrogens with one attached hydrogen (secondary N) is 1. The molecular weight excluding hydrogens is 745 g/mol. The predicted octanol–water partition coefficient (Wildman–Crippen LogP) is 7.68. The molecule has 0 radical (unpaired) electrons. The molecule has 57 heavy (non-hydrogen) atoms. The van der Waals surface area contributed by atoms with Crippen molar-refractivity contribution in [2.75, 3.05) is 5.75 Å². The number of rotatable bonds is 13. The average molecular weight is 787 g/mol. The number of carboxylic acids is 1. The quantitative estimate of drug-likeness (QED) is 0.0801. The molecule has 0 bridgehead atoms. The summed E-state index contributed by atoms with van der Waals surface area (Å²) in [5.74, 6) is -1.48. The van der Waals surface area contributed by atoms with Gasteiger partial charge in [-0.05, 0) is 45.5 Å². The van der Waals surface area contributed by atoms with Gasteiger partial charge in [0.1, 0.15) is 12.6 Å². The minimum Gasteiger partial charge on any atom is -0.478 e. The fourth-order valence-electron chi connectivity index (χ4n) is 7.05. The Morgan fingerprint density at radius 2 is 1.51 bits per heavy atom. The van der Waals surface area contributed by atoms with Crippen LogP contribution in [0.4, 0.5) is 4.79 Å². The summed E-state index contributed by atoms with van der Waals surface area (Å²) in [5, 5.41) is 21.9. The number of benzene rings is 5. The molecule has 5 aromatic carbocycles. The van der Waals surface area contributed by atoms with Crippen molar-refractivity contribution in [1.29, 1.82) is 0 Å². The number of carboxylic acid groups (broad SMARTS) is 1. The molecule has 11 nitrogen and oxygen atoms in total. The van der Waals surface area contributed by atoms with Gasteiger partial charge >= 0.3 is 12.1 Å². The number of likely N-dealkylation sites (tertiary alicyclic amines) is 1. The summed E-state index contributed by atoms with van der Waals surface area (Å²) >= 11 is 1.43. The van der Waals surface area contributed by atoms with Gasteiger partial charge in [-0.2, -0.15) is 0 Å². The third kappa shape index (κ3) is 9.27. The van der Waals surface area contributed by atoms with E-state index in [4.69, 9.17) is 14.2 Å². The van der Waals surface area contributed by atoms with E-state index in [1.165, 1.54) is 16.7 Å². The van der Waals surface area contributed by atoms with Crippen molar-refractivity contribution in [3.8, 4) is 11.1 Å². The van der Waals surface area contributed by atoms with Crippen molar-refractivity contribution in [2.45, 2.75) is 62.5 Å². The number of amides is 3. The highest BCUT2D eigenvalue weighted by Crippen LogP contribution is 2.43. The zero-order valence-corrected chi connectivity index (χ0v) is 32.0. The number of carbonyl (C=O) groups excluding carboxylic acids is 3. The van der Waals surface area contributed by atoms with E-state index in [9.17, 15) is 29.4 Å². The van der Waals surface area contributed by atoms with Gasteiger partial charge in [-0.3, -0.25) is 14.5 Å². The van der Waals surface area contributed by atoms with Gasteiger partial charge in [0, 0.05) is 22.1 Å². The lowest BCUT2D eigenvalue weighted by atomic mass is 9.91. The molecular formula is C45H42N2O9S. The first kappa shape index (κ1) is 39.4. The van der Waals surface area contributed by atoms with Crippen LogP contribution in [-0.4, -0.2) is 56.9 Å². The Labute approximate surface area is 334 Å². The number of imide groups is 1. The second-order valence-electron chi connectivity index (χ2n) is 14.0. The Morgan fingerprint density at radius 1 is 0.825 bits per heavy atom. The summed E-state index contributed by atoms with van der Waals surface area (Å²) in [4.78, 5) is 52.6. The Hall–Kier alpha value is -5.79. The van der Waals surface area contributed by atoms with E-state index >= 15 is 0 Å². The Morgan fingerprint density at radius 3 is 2.25 bits per heavy atom. The number of nitrogens with zero attached hydrogens (tertiary/aromatic N) is 1. The molecule has 2 aliphatic heterocycles. The normalized spacial score (nSPS) is 20.7. The molecule has 1 unspecified atom stereocenters. The molecule has 3 amide bonds. The van der Waals surface area contributed by atoms with E-state index in [1.807, 2.05) is 109 Å². The van der Waals surface area contributed by atoms with E-state index < -0.39 is 30.3 Å². The molecule has 5 atom stereocenters. The van der Waals surface area contributed by atoms with Crippen LogP contribution in [0.3, 0.4) is 0 Å². The maximum Gasteiger partial charge on any atom is 0.408 e. The van der Waals surface area contributed by atoms with E-state index in [1.54, 1.807) is 18.2 Å². The number of thioether (sulfide) groups is 1. The van der Waals surface area contributed by atoms with Crippen LogP contribution in [0.2, 0.25) is 0 Å². The zero-order valence-electron chi connectivity index (χ0n) is 31.2. The van der Waals surface area contributed by atoms with Gasteiger partial charge in [-0.15, -0.1) is 11.8 Å². The predicted molar refractivity (Wildman–Crippen MR) is 213 cm³/mol. The fourth-order valence-corrected chi connectivity index (χ4v) is 8.26. The number of hydrogen-bond acceptors (Lipinski definition) is 9. The number of hydrogen-bond donors (Lipinski definition) is 3. The van der Waals surface area contributed by atoms with Crippen LogP contribution in [0.5, 0.6) is 0 Å². The Kier molecular flexibility index (Phi) is 12.4. The number of carbonyl (C=O) groups is 4. The van der Waals surface area contributed by atoms with E-state index in [2.05, 4.69) is 12.2 Å². The fraction of sp³-hybridized carbons (Fsp3) is 0.244. The summed E-state index contributed by atoms with van der Waals surface area (Å²) in [6.45, 7) is 2.06. The van der Waals surface area contributed by atoms with Crippen LogP contribution in [0.15, 0.2) is 132 Å². The minimum atomic E-state index is -1.02.